The van der Waals surface area contributed by atoms with E-state index in [4.69, 9.17) is 15.0 Å². The first-order chi connectivity index (χ1) is 16.3. The molecular formula is C19H16N5O7S3-. The molecule has 1 fully saturated rings. The van der Waals surface area contributed by atoms with E-state index in [1.54, 1.807) is 6.07 Å². The average molecular weight is 523 g/mol. The van der Waals surface area contributed by atoms with Crippen LogP contribution in [0.25, 0.3) is 0 Å². The summed E-state index contributed by atoms with van der Waals surface area (Å²) in [5.41, 5.74) is 5.68. The summed E-state index contributed by atoms with van der Waals surface area (Å²) in [6.45, 7) is 0. The normalized spacial score (nSPS) is 20.0. The van der Waals surface area contributed by atoms with Crippen molar-refractivity contribution in [2.75, 3.05) is 24.3 Å². The van der Waals surface area contributed by atoms with E-state index in [2.05, 4.69) is 15.5 Å². The highest BCUT2D eigenvalue weighted by Crippen LogP contribution is 2.41. The smallest absolute Gasteiger partial charge is 0.276 e. The minimum absolute atomic E-state index is 0.0409. The largest absolute Gasteiger partial charge is 0.543 e. The first-order valence-corrected chi connectivity index (χ1v) is 12.4. The fourth-order valence-electron chi connectivity index (χ4n) is 3.30. The van der Waals surface area contributed by atoms with Crippen molar-refractivity contribution in [3.63, 3.8) is 0 Å². The molecular weight excluding hydrogens is 506 g/mol. The number of aromatic nitrogens is 1. The summed E-state index contributed by atoms with van der Waals surface area (Å²) in [6, 6.07) is 2.08. The average Bonchev–Trinajstić information content (AvgIpc) is 3.50. The lowest BCUT2D eigenvalue weighted by atomic mass is 10.0. The molecule has 12 nitrogen and oxygen atoms in total. The van der Waals surface area contributed by atoms with Gasteiger partial charge in [-0.05, 0) is 17.7 Å². The minimum Gasteiger partial charge on any atom is -0.543 e. The number of hydrogen-bond acceptors (Lipinski definition) is 13. The lowest BCUT2D eigenvalue weighted by Crippen LogP contribution is -2.71. The van der Waals surface area contributed by atoms with Crippen molar-refractivity contribution in [2.24, 2.45) is 5.16 Å². The number of fused-ring (bicyclic) bond motifs is 1. The number of carbonyl (C=O) groups is 4. The number of anilines is 1. The van der Waals surface area contributed by atoms with E-state index in [0.717, 1.165) is 28.0 Å². The zero-order chi connectivity index (χ0) is 24.4. The molecule has 0 bridgehead atoms. The van der Waals surface area contributed by atoms with E-state index in [9.17, 15) is 24.3 Å². The fraction of sp³-hybridized carbons (Fsp3) is 0.263. The maximum absolute atomic E-state index is 12.8. The number of nitrogens with two attached hydrogens (primary N) is 1. The number of nitrogens with zero attached hydrogens (tertiary/aromatic N) is 3. The molecule has 0 unspecified atom stereocenters. The van der Waals surface area contributed by atoms with Crippen LogP contribution < -0.4 is 16.2 Å². The summed E-state index contributed by atoms with van der Waals surface area (Å²) >= 11 is 3.22. The summed E-state index contributed by atoms with van der Waals surface area (Å²) in [4.78, 5) is 59.4. The van der Waals surface area contributed by atoms with Crippen LogP contribution in [-0.2, 0) is 19.2 Å². The number of oxime groups is 1. The van der Waals surface area contributed by atoms with Crippen LogP contribution in [-0.4, -0.2) is 68.5 Å². The number of thioether (sulfide) groups is 2. The number of amides is 2. The third kappa shape index (κ3) is 4.53. The molecule has 0 radical (unpaired) electrons. The molecule has 0 spiro atoms. The Balaban J connectivity index is 1.47. The molecule has 34 heavy (non-hydrogen) atoms. The quantitative estimate of drug-likeness (QED) is 0.263. The van der Waals surface area contributed by atoms with E-state index < -0.39 is 29.2 Å². The number of carboxylic acid groups (broad SMARTS) is 1. The van der Waals surface area contributed by atoms with Gasteiger partial charge >= 0.3 is 0 Å². The number of nitrogen functional groups attached to an aromatic ring is 1. The fourth-order valence-corrected chi connectivity index (χ4v) is 6.13. The highest BCUT2D eigenvalue weighted by Gasteiger charge is 2.53. The second kappa shape index (κ2) is 9.90. The van der Waals surface area contributed by atoms with Crippen LogP contribution in [0.1, 0.15) is 16.2 Å². The van der Waals surface area contributed by atoms with Crippen LogP contribution in [0.2, 0.25) is 0 Å². The first-order valence-electron chi connectivity index (χ1n) is 9.53. The van der Waals surface area contributed by atoms with Gasteiger partial charge in [0.1, 0.15) is 24.2 Å². The highest BCUT2D eigenvalue weighted by atomic mass is 32.2. The predicted molar refractivity (Wildman–Crippen MR) is 123 cm³/mol. The highest BCUT2D eigenvalue weighted by molar-refractivity contribution is 8.14. The van der Waals surface area contributed by atoms with Gasteiger partial charge in [-0.1, -0.05) is 16.9 Å². The van der Waals surface area contributed by atoms with Gasteiger partial charge in [-0.15, -0.1) is 23.1 Å². The van der Waals surface area contributed by atoms with Gasteiger partial charge < -0.3 is 30.2 Å². The van der Waals surface area contributed by atoms with Gasteiger partial charge in [0, 0.05) is 16.9 Å². The molecule has 0 aliphatic carbocycles. The zero-order valence-corrected chi connectivity index (χ0v) is 19.8. The molecule has 0 aromatic carbocycles. The van der Waals surface area contributed by atoms with E-state index in [1.807, 2.05) is 0 Å². The monoisotopic (exact) mass is 522 g/mol. The number of nitrogens with one attached hydrogen (secondary N) is 1. The number of rotatable bonds is 8. The molecule has 2 aromatic rings. The van der Waals surface area contributed by atoms with Crippen molar-refractivity contribution in [1.29, 1.82) is 0 Å². The van der Waals surface area contributed by atoms with Gasteiger partial charge in [-0.2, -0.15) is 0 Å². The van der Waals surface area contributed by atoms with Crippen LogP contribution in [0.5, 0.6) is 0 Å². The molecule has 0 saturated carbocycles. The number of carbonyl (C=O) groups excluding carboxylic acids is 4. The summed E-state index contributed by atoms with van der Waals surface area (Å²) in [7, 11) is 1.25. The molecule has 15 heteroatoms. The van der Waals surface area contributed by atoms with Gasteiger partial charge in [-0.25, -0.2) is 4.98 Å². The number of aliphatic carboxylic acids is 1. The molecule has 4 rings (SSSR count). The van der Waals surface area contributed by atoms with Gasteiger partial charge in [-0.3, -0.25) is 19.3 Å². The Morgan fingerprint density at radius 2 is 2.26 bits per heavy atom. The van der Waals surface area contributed by atoms with Gasteiger partial charge in [0.2, 0.25) is 0 Å². The molecule has 2 aliphatic heterocycles. The third-order valence-corrected chi connectivity index (χ3v) is 7.76. The SMILES string of the molecule is CO/N=C(/C(=O)N[C@@H]1C(=O)N2C(C(=O)[O-])=C(CSC(=O)c3ccco3)CS[C@H]12)c1csc(N)n1. The van der Waals surface area contributed by atoms with E-state index in [-0.39, 0.29) is 44.6 Å². The van der Waals surface area contributed by atoms with E-state index >= 15 is 0 Å². The van der Waals surface area contributed by atoms with Crippen molar-refractivity contribution >= 4 is 68.6 Å². The topological polar surface area (TPSA) is 180 Å². The third-order valence-electron chi connectivity index (χ3n) is 4.79. The van der Waals surface area contributed by atoms with Crippen LogP contribution in [0.4, 0.5) is 5.13 Å². The Morgan fingerprint density at radius 1 is 1.47 bits per heavy atom. The molecule has 1 saturated heterocycles. The Labute approximate surface area is 204 Å². The Hall–Kier alpha value is -3.30. The van der Waals surface area contributed by atoms with Crippen molar-refractivity contribution < 1.29 is 33.5 Å². The number of hydrogen-bond donors (Lipinski definition) is 2. The van der Waals surface area contributed by atoms with Crippen LogP contribution in [0, 0.1) is 0 Å². The van der Waals surface area contributed by atoms with Gasteiger partial charge in [0.15, 0.2) is 16.6 Å². The molecule has 2 aromatic heterocycles. The van der Waals surface area contributed by atoms with Gasteiger partial charge in [0.05, 0.1) is 17.9 Å². The zero-order valence-electron chi connectivity index (χ0n) is 17.4. The van der Waals surface area contributed by atoms with Crippen molar-refractivity contribution in [1.82, 2.24) is 15.2 Å². The minimum atomic E-state index is -1.54. The first kappa shape index (κ1) is 23.8. The Bertz CT molecular complexity index is 1210. The van der Waals surface area contributed by atoms with Crippen LogP contribution in [0.15, 0.2) is 44.6 Å². The summed E-state index contributed by atoms with van der Waals surface area (Å²) < 4.78 is 5.04. The number of β-lactam (4-membered cyclic amide) rings is 1. The lowest BCUT2D eigenvalue weighted by molar-refractivity contribution is -0.301. The molecule has 178 valence electrons. The lowest BCUT2D eigenvalue weighted by Gasteiger charge is -2.50. The maximum atomic E-state index is 12.8. The number of thiazole rings is 1. The number of carboxylic acids is 1. The van der Waals surface area contributed by atoms with Crippen molar-refractivity contribution in [2.45, 2.75) is 11.4 Å². The van der Waals surface area contributed by atoms with Crippen molar-refractivity contribution in [3.05, 3.63) is 46.5 Å². The second-order valence-electron chi connectivity index (χ2n) is 6.85. The van der Waals surface area contributed by atoms with E-state index in [1.165, 1.54) is 36.6 Å². The van der Waals surface area contributed by atoms with Gasteiger partial charge in [0.25, 0.3) is 16.9 Å². The van der Waals surface area contributed by atoms with Crippen LogP contribution >= 0.6 is 34.9 Å². The summed E-state index contributed by atoms with van der Waals surface area (Å²) in [5, 5.41) is 18.8. The van der Waals surface area contributed by atoms with Crippen LogP contribution in [0.3, 0.4) is 0 Å². The molecule has 2 aliphatic rings. The molecule has 2 atom stereocenters. The standard InChI is InChI=1S/C19H17N5O7S3/c1-30-23-11(9-7-34-19(20)21-9)14(25)22-12-15(26)24-13(17(27)28)8(5-32-16(12)24)6-33-18(29)10-3-2-4-31-10/h2-4,7,12,16H,5-6H2,1H3,(H2,20,21)(H,22,25)(H,27,28)/p-1/b23-11+/t12-,16-/m1/s1. The molecule has 2 amide bonds. The second-order valence-corrected chi connectivity index (χ2v) is 9.79. The molecule has 3 N–H and O–H groups in total. The summed E-state index contributed by atoms with van der Waals surface area (Å²) in [6.07, 6.45) is 1.36. The maximum Gasteiger partial charge on any atom is 0.276 e. The predicted octanol–water partition coefficient (Wildman–Crippen LogP) is -0.354. The summed E-state index contributed by atoms with van der Waals surface area (Å²) in [5.74, 6) is -2.48. The van der Waals surface area contributed by atoms with E-state index in [0.29, 0.717) is 5.57 Å². The number of furan rings is 1. The molecule has 4 heterocycles. The van der Waals surface area contributed by atoms with Crippen molar-refractivity contribution in [3.8, 4) is 0 Å². The Kier molecular flexibility index (Phi) is 6.95. The Morgan fingerprint density at radius 3 is 2.88 bits per heavy atom.